The predicted octanol–water partition coefficient (Wildman–Crippen LogP) is 13.2. The number of furan rings is 2. The zero-order valence-electron chi connectivity index (χ0n) is 26.1. The van der Waals surface area contributed by atoms with Gasteiger partial charge in [-0.1, -0.05) is 182 Å². The molecular formula is C46H30O2. The molecular weight excluding hydrogens is 585 g/mol. The Kier molecular flexibility index (Phi) is 6.84. The molecule has 0 aliphatic rings. The Balaban J connectivity index is 1.30. The van der Waals surface area contributed by atoms with Gasteiger partial charge in [-0.25, -0.2) is 0 Å². The van der Waals surface area contributed by atoms with Crippen molar-refractivity contribution >= 4 is 21.9 Å². The molecule has 0 saturated carbocycles. The van der Waals surface area contributed by atoms with E-state index in [1.54, 1.807) is 0 Å². The highest BCUT2D eigenvalue weighted by Gasteiger charge is 2.24. The fourth-order valence-corrected chi connectivity index (χ4v) is 6.98. The number of hydrogen-bond donors (Lipinski definition) is 0. The van der Waals surface area contributed by atoms with Crippen LogP contribution in [0.2, 0.25) is 0 Å². The highest BCUT2D eigenvalue weighted by Crippen LogP contribution is 2.48. The van der Waals surface area contributed by atoms with Gasteiger partial charge in [0, 0.05) is 44.2 Å². The summed E-state index contributed by atoms with van der Waals surface area (Å²) in [5, 5.41) is 2.17. The summed E-state index contributed by atoms with van der Waals surface area (Å²) in [6.45, 7) is 0. The van der Waals surface area contributed by atoms with Gasteiger partial charge in [0.2, 0.25) is 0 Å². The molecule has 0 N–H and O–H groups in total. The SMILES string of the molecule is c1ccc(-c2oc3c(-c4ccccc4-c4cccc5c(-c6ccccc6)c(-c6ccccc6)oc45)cccc3c2-c2ccccc2)cc1. The van der Waals surface area contributed by atoms with E-state index in [0.717, 1.165) is 89.1 Å². The second kappa shape index (κ2) is 11.8. The molecule has 0 aliphatic heterocycles. The molecule has 0 fully saturated rings. The van der Waals surface area contributed by atoms with Crippen LogP contribution in [0.25, 0.3) is 89.1 Å². The van der Waals surface area contributed by atoms with Crippen molar-refractivity contribution in [3.8, 4) is 67.2 Å². The maximum absolute atomic E-state index is 6.92. The average Bonchev–Trinajstić information content (AvgIpc) is 3.76. The predicted molar refractivity (Wildman–Crippen MR) is 199 cm³/mol. The van der Waals surface area contributed by atoms with Crippen molar-refractivity contribution in [2.45, 2.75) is 0 Å². The van der Waals surface area contributed by atoms with Gasteiger partial charge >= 0.3 is 0 Å². The number of rotatable bonds is 6. The lowest BCUT2D eigenvalue weighted by Gasteiger charge is -2.11. The second-order valence-electron chi connectivity index (χ2n) is 12.0. The molecule has 2 heterocycles. The largest absolute Gasteiger partial charge is 0.455 e. The van der Waals surface area contributed by atoms with Crippen LogP contribution in [-0.2, 0) is 0 Å². The molecule has 0 atom stereocenters. The van der Waals surface area contributed by atoms with Crippen LogP contribution in [-0.4, -0.2) is 0 Å². The molecule has 2 heteroatoms. The van der Waals surface area contributed by atoms with Gasteiger partial charge in [0.1, 0.15) is 22.7 Å². The Morgan fingerprint density at radius 3 is 0.938 bits per heavy atom. The third kappa shape index (κ3) is 4.66. The topological polar surface area (TPSA) is 26.3 Å². The van der Waals surface area contributed by atoms with Gasteiger partial charge < -0.3 is 8.83 Å². The summed E-state index contributed by atoms with van der Waals surface area (Å²) in [7, 11) is 0. The van der Waals surface area contributed by atoms with E-state index in [9.17, 15) is 0 Å². The molecule has 2 aromatic heterocycles. The Labute approximate surface area is 279 Å². The fraction of sp³-hybridized carbons (Fsp3) is 0. The van der Waals surface area contributed by atoms with Gasteiger partial charge in [-0.2, -0.15) is 0 Å². The third-order valence-electron chi connectivity index (χ3n) is 9.14. The van der Waals surface area contributed by atoms with Crippen molar-refractivity contribution in [2.24, 2.45) is 0 Å². The highest BCUT2D eigenvalue weighted by atomic mass is 16.3. The molecule has 0 spiro atoms. The first kappa shape index (κ1) is 27.9. The van der Waals surface area contributed by atoms with Crippen LogP contribution in [0.3, 0.4) is 0 Å². The highest BCUT2D eigenvalue weighted by molar-refractivity contribution is 6.11. The molecule has 0 amide bonds. The first-order valence-electron chi connectivity index (χ1n) is 16.3. The minimum absolute atomic E-state index is 0.865. The Hall–Kier alpha value is -6.38. The minimum Gasteiger partial charge on any atom is -0.455 e. The lowest BCUT2D eigenvalue weighted by molar-refractivity contribution is 0.632. The van der Waals surface area contributed by atoms with E-state index in [1.807, 2.05) is 12.1 Å². The normalized spacial score (nSPS) is 11.3. The van der Waals surface area contributed by atoms with Crippen molar-refractivity contribution in [1.29, 1.82) is 0 Å². The zero-order valence-corrected chi connectivity index (χ0v) is 26.1. The summed E-state index contributed by atoms with van der Waals surface area (Å²) in [6, 6.07) is 63.4. The van der Waals surface area contributed by atoms with Crippen molar-refractivity contribution in [3.63, 3.8) is 0 Å². The fourth-order valence-electron chi connectivity index (χ4n) is 6.98. The van der Waals surface area contributed by atoms with Crippen LogP contribution in [0, 0.1) is 0 Å². The molecule has 0 unspecified atom stereocenters. The van der Waals surface area contributed by atoms with Crippen LogP contribution < -0.4 is 0 Å². The lowest BCUT2D eigenvalue weighted by atomic mass is 9.91. The molecule has 0 saturated heterocycles. The van der Waals surface area contributed by atoms with E-state index >= 15 is 0 Å². The van der Waals surface area contributed by atoms with Crippen molar-refractivity contribution in [1.82, 2.24) is 0 Å². The summed E-state index contributed by atoms with van der Waals surface area (Å²) in [5.74, 6) is 1.74. The quantitative estimate of drug-likeness (QED) is 0.186. The van der Waals surface area contributed by atoms with Crippen LogP contribution in [0.4, 0.5) is 0 Å². The van der Waals surface area contributed by atoms with E-state index in [1.165, 1.54) is 0 Å². The van der Waals surface area contributed by atoms with Gasteiger partial charge in [-0.3, -0.25) is 0 Å². The molecule has 0 aliphatic carbocycles. The zero-order chi connectivity index (χ0) is 31.9. The Morgan fingerprint density at radius 1 is 0.250 bits per heavy atom. The molecule has 48 heavy (non-hydrogen) atoms. The van der Waals surface area contributed by atoms with E-state index in [0.29, 0.717) is 0 Å². The third-order valence-corrected chi connectivity index (χ3v) is 9.14. The molecule has 0 bridgehead atoms. The van der Waals surface area contributed by atoms with Crippen LogP contribution in [0.15, 0.2) is 191 Å². The van der Waals surface area contributed by atoms with Gasteiger partial charge in [0.15, 0.2) is 0 Å². The van der Waals surface area contributed by atoms with E-state index in [2.05, 4.69) is 170 Å². The average molecular weight is 615 g/mol. The molecule has 2 nitrogen and oxygen atoms in total. The molecule has 9 rings (SSSR count). The standard InChI is InChI=1S/C46H30O2/c1-5-17-31(18-6-1)41-39-29-15-27-37(45(39)47-43(41)33-21-9-3-10-22-33)35-25-13-14-26-36(35)38-28-16-30-40-42(32-19-7-2-8-20-32)44(48-46(38)40)34-23-11-4-12-24-34/h1-30H. The first-order chi connectivity index (χ1) is 23.8. The lowest BCUT2D eigenvalue weighted by Crippen LogP contribution is -1.87. The number of para-hydroxylation sites is 2. The maximum atomic E-state index is 6.92. The number of benzene rings is 7. The van der Waals surface area contributed by atoms with Crippen molar-refractivity contribution in [3.05, 3.63) is 182 Å². The number of fused-ring (bicyclic) bond motifs is 2. The van der Waals surface area contributed by atoms with E-state index in [4.69, 9.17) is 8.83 Å². The maximum Gasteiger partial charge on any atom is 0.143 e. The monoisotopic (exact) mass is 614 g/mol. The smallest absolute Gasteiger partial charge is 0.143 e. The number of hydrogen-bond acceptors (Lipinski definition) is 2. The summed E-state index contributed by atoms with van der Waals surface area (Å²) in [6.07, 6.45) is 0. The summed E-state index contributed by atoms with van der Waals surface area (Å²) in [4.78, 5) is 0. The van der Waals surface area contributed by atoms with E-state index < -0.39 is 0 Å². The molecule has 0 radical (unpaired) electrons. The van der Waals surface area contributed by atoms with Gasteiger partial charge in [0.05, 0.1) is 0 Å². The van der Waals surface area contributed by atoms with Gasteiger partial charge in [-0.05, 0) is 22.3 Å². The summed E-state index contributed by atoms with van der Waals surface area (Å²) in [5.41, 5.74) is 12.5. The van der Waals surface area contributed by atoms with Gasteiger partial charge in [-0.15, -0.1) is 0 Å². The second-order valence-corrected chi connectivity index (χ2v) is 12.0. The molecule has 9 aromatic rings. The van der Waals surface area contributed by atoms with E-state index in [-0.39, 0.29) is 0 Å². The molecule has 226 valence electrons. The summed E-state index contributed by atoms with van der Waals surface area (Å²) < 4.78 is 13.8. The van der Waals surface area contributed by atoms with Crippen LogP contribution >= 0.6 is 0 Å². The minimum atomic E-state index is 0.865. The van der Waals surface area contributed by atoms with Gasteiger partial charge in [0.25, 0.3) is 0 Å². The van der Waals surface area contributed by atoms with Crippen LogP contribution in [0.1, 0.15) is 0 Å². The Bertz CT molecular complexity index is 2340. The Morgan fingerprint density at radius 2 is 0.562 bits per heavy atom. The van der Waals surface area contributed by atoms with Crippen molar-refractivity contribution < 1.29 is 8.83 Å². The van der Waals surface area contributed by atoms with Crippen LogP contribution in [0.5, 0.6) is 0 Å². The summed E-state index contributed by atoms with van der Waals surface area (Å²) >= 11 is 0. The first-order valence-corrected chi connectivity index (χ1v) is 16.3. The van der Waals surface area contributed by atoms with Crippen molar-refractivity contribution in [2.75, 3.05) is 0 Å². The molecule has 7 aromatic carbocycles.